The Bertz CT molecular complexity index is 1130. The molecule has 3 heterocycles. The molecule has 4 rings (SSSR count). The van der Waals surface area contributed by atoms with E-state index in [0.29, 0.717) is 21.5 Å². The number of carbonyl (C=O) groups excluding carboxylic acids is 2. The van der Waals surface area contributed by atoms with E-state index < -0.39 is 24.4 Å². The summed E-state index contributed by atoms with van der Waals surface area (Å²) in [6.45, 7) is 1.27. The van der Waals surface area contributed by atoms with Crippen LogP contribution in [0.5, 0.6) is 5.75 Å². The quantitative estimate of drug-likeness (QED) is 0.708. The molecule has 0 aliphatic carbocycles. The van der Waals surface area contributed by atoms with Crippen molar-refractivity contribution >= 4 is 28.4 Å². The topological polar surface area (TPSA) is 89.3 Å². The summed E-state index contributed by atoms with van der Waals surface area (Å²) in [5.74, 6) is -0.516. The lowest BCUT2D eigenvalue weighted by Gasteiger charge is -2.20. The summed E-state index contributed by atoms with van der Waals surface area (Å²) >= 11 is 0. The number of likely N-dealkylation sites (N-methyl/N-ethyl adjacent to an activating group) is 1. The number of hydrogen-bond acceptors (Lipinski definition) is 5. The molecule has 0 fully saturated rings. The molecule has 1 atom stereocenters. The number of nitrogens with zero attached hydrogens (tertiary/aromatic N) is 4. The number of benzene rings is 1. The predicted molar refractivity (Wildman–Crippen MR) is 105 cm³/mol. The first kappa shape index (κ1) is 19.7. The van der Waals surface area contributed by atoms with Crippen molar-refractivity contribution in [1.29, 1.82) is 0 Å². The minimum Gasteiger partial charge on any atom is -0.489 e. The van der Waals surface area contributed by atoms with Gasteiger partial charge in [-0.05, 0) is 18.2 Å². The van der Waals surface area contributed by atoms with Crippen molar-refractivity contribution in [2.24, 2.45) is 0 Å². The van der Waals surface area contributed by atoms with E-state index in [9.17, 15) is 18.4 Å². The molecule has 0 radical (unpaired) electrons. The Morgan fingerprint density at radius 2 is 2.10 bits per heavy atom. The second-order valence-corrected chi connectivity index (χ2v) is 6.91. The summed E-state index contributed by atoms with van der Waals surface area (Å²) in [5, 5.41) is 6.69. The monoisotopic (exact) mass is 415 g/mol. The third kappa shape index (κ3) is 3.34. The predicted octanol–water partition coefficient (Wildman–Crippen LogP) is 2.54. The lowest BCUT2D eigenvalue weighted by Crippen LogP contribution is -2.49. The molecular weight excluding hydrogens is 396 g/mol. The average Bonchev–Trinajstić information content (AvgIpc) is 3.15. The van der Waals surface area contributed by atoms with E-state index >= 15 is 0 Å². The van der Waals surface area contributed by atoms with Gasteiger partial charge >= 0.3 is 6.05 Å². The zero-order valence-electron chi connectivity index (χ0n) is 16.3. The van der Waals surface area contributed by atoms with Crippen LogP contribution >= 0.6 is 0 Å². The number of hydrogen-bond donors (Lipinski definition) is 1. The minimum atomic E-state index is -3.20. The number of carbonyl (C=O) groups is 2. The van der Waals surface area contributed by atoms with Gasteiger partial charge in [0, 0.05) is 25.1 Å². The molecule has 1 aliphatic heterocycles. The van der Waals surface area contributed by atoms with E-state index in [2.05, 4.69) is 15.4 Å². The number of nitrogens with one attached hydrogen (secondary N) is 1. The summed E-state index contributed by atoms with van der Waals surface area (Å²) in [7, 11) is 1.59. The lowest BCUT2D eigenvalue weighted by molar-refractivity contribution is -0.120. The van der Waals surface area contributed by atoms with Crippen molar-refractivity contribution < 1.29 is 23.1 Å². The highest BCUT2D eigenvalue weighted by Gasteiger charge is 2.33. The second kappa shape index (κ2) is 7.36. The molecule has 1 aromatic carbocycles. The van der Waals surface area contributed by atoms with Gasteiger partial charge in [-0.15, -0.1) is 0 Å². The second-order valence-electron chi connectivity index (χ2n) is 6.91. The summed E-state index contributed by atoms with van der Waals surface area (Å²) in [4.78, 5) is 30.9. The number of para-hydroxylation sites is 2. The van der Waals surface area contributed by atoms with Crippen LogP contribution in [0, 0.1) is 0 Å². The normalized spacial score (nSPS) is 16.7. The first-order valence-electron chi connectivity index (χ1n) is 9.34. The Labute approximate surface area is 170 Å². The maximum atomic E-state index is 14.1. The summed E-state index contributed by atoms with van der Waals surface area (Å²) in [6.07, 6.45) is 2.11. The van der Waals surface area contributed by atoms with E-state index in [1.54, 1.807) is 31.3 Å². The van der Waals surface area contributed by atoms with Gasteiger partial charge in [0.1, 0.15) is 24.1 Å². The number of halogens is 2. The third-order valence-corrected chi connectivity index (χ3v) is 4.99. The average molecular weight is 415 g/mol. The summed E-state index contributed by atoms with van der Waals surface area (Å²) in [6, 6.07) is 4.10. The van der Waals surface area contributed by atoms with Crippen LogP contribution in [0.2, 0.25) is 0 Å². The molecule has 0 saturated carbocycles. The van der Waals surface area contributed by atoms with E-state index in [4.69, 9.17) is 4.74 Å². The largest absolute Gasteiger partial charge is 0.489 e. The molecule has 2 aromatic heterocycles. The van der Waals surface area contributed by atoms with Gasteiger partial charge in [-0.25, -0.2) is 4.68 Å². The van der Waals surface area contributed by atoms with Gasteiger partial charge in [0.05, 0.1) is 17.4 Å². The molecule has 1 N–H and O–H groups in total. The van der Waals surface area contributed by atoms with Gasteiger partial charge in [0.15, 0.2) is 0 Å². The smallest absolute Gasteiger partial charge is 0.343 e. The standard InChI is InChI=1S/C20H19F2N5O3/c1-3-20(21,22)27-16-8-13(23-9-12(16)10-24-27)18(28)25-14-11-30-17-7-5-4-6-15(17)26(2)19(14)29/h4-10,14H,3,11H2,1-2H3,(H,25,28)/t14-/m0/s1. The molecule has 30 heavy (non-hydrogen) atoms. The molecule has 0 bridgehead atoms. The van der Waals surface area contributed by atoms with Crippen molar-refractivity contribution in [3.63, 3.8) is 0 Å². The Morgan fingerprint density at radius 3 is 2.87 bits per heavy atom. The van der Waals surface area contributed by atoms with Gasteiger partial charge in [-0.3, -0.25) is 14.6 Å². The van der Waals surface area contributed by atoms with Crippen LogP contribution in [0.25, 0.3) is 10.9 Å². The van der Waals surface area contributed by atoms with E-state index in [0.717, 1.165) is 0 Å². The summed E-state index contributed by atoms with van der Waals surface area (Å²) in [5.41, 5.74) is 0.563. The van der Waals surface area contributed by atoms with Crippen LogP contribution < -0.4 is 15.0 Å². The van der Waals surface area contributed by atoms with E-state index in [1.807, 2.05) is 0 Å². The van der Waals surface area contributed by atoms with Crippen LogP contribution in [0.1, 0.15) is 23.8 Å². The number of amides is 2. The molecule has 0 saturated heterocycles. The van der Waals surface area contributed by atoms with Crippen LogP contribution in [0.15, 0.2) is 42.7 Å². The fourth-order valence-electron chi connectivity index (χ4n) is 3.24. The molecule has 0 spiro atoms. The van der Waals surface area contributed by atoms with Crippen LogP contribution in [0.3, 0.4) is 0 Å². The fourth-order valence-corrected chi connectivity index (χ4v) is 3.24. The van der Waals surface area contributed by atoms with Crippen LogP contribution in [-0.4, -0.2) is 46.3 Å². The summed E-state index contributed by atoms with van der Waals surface area (Å²) < 4.78 is 34.5. The molecule has 8 nitrogen and oxygen atoms in total. The first-order chi connectivity index (χ1) is 14.3. The van der Waals surface area contributed by atoms with Gasteiger partial charge in [-0.1, -0.05) is 19.1 Å². The fraction of sp³-hybridized carbons (Fsp3) is 0.300. The van der Waals surface area contributed by atoms with E-state index in [-0.39, 0.29) is 23.7 Å². The maximum Gasteiger partial charge on any atom is 0.343 e. The zero-order chi connectivity index (χ0) is 21.5. The van der Waals surface area contributed by atoms with Crippen molar-refractivity contribution in [2.75, 3.05) is 18.6 Å². The molecule has 1 aliphatic rings. The maximum absolute atomic E-state index is 14.1. The molecule has 156 valence electrons. The van der Waals surface area contributed by atoms with Gasteiger partial charge in [0.2, 0.25) is 0 Å². The third-order valence-electron chi connectivity index (χ3n) is 4.99. The number of rotatable bonds is 4. The zero-order valence-corrected chi connectivity index (χ0v) is 16.3. The van der Waals surface area contributed by atoms with Crippen LogP contribution in [0.4, 0.5) is 14.5 Å². The number of aromatic nitrogens is 3. The number of ether oxygens (including phenoxy) is 1. The first-order valence-corrected chi connectivity index (χ1v) is 9.34. The Hall–Kier alpha value is -3.56. The lowest BCUT2D eigenvalue weighted by atomic mass is 10.2. The van der Waals surface area contributed by atoms with Gasteiger partial charge in [-0.2, -0.15) is 13.9 Å². The van der Waals surface area contributed by atoms with Gasteiger partial charge < -0.3 is 15.0 Å². The van der Waals surface area contributed by atoms with E-state index in [1.165, 1.54) is 30.3 Å². The number of fused-ring (bicyclic) bond motifs is 2. The van der Waals surface area contributed by atoms with Gasteiger partial charge in [0.25, 0.3) is 11.8 Å². The Kier molecular flexibility index (Phi) is 4.84. The highest BCUT2D eigenvalue weighted by Crippen LogP contribution is 2.30. The van der Waals surface area contributed by atoms with Crippen molar-refractivity contribution in [2.45, 2.75) is 25.4 Å². The van der Waals surface area contributed by atoms with Crippen molar-refractivity contribution in [1.82, 2.24) is 20.1 Å². The molecule has 10 heteroatoms. The van der Waals surface area contributed by atoms with Crippen molar-refractivity contribution in [3.05, 3.63) is 48.4 Å². The minimum absolute atomic E-state index is 0.0694. The molecule has 2 amide bonds. The Morgan fingerprint density at radius 1 is 1.33 bits per heavy atom. The molecule has 0 unspecified atom stereocenters. The SMILES string of the molecule is CCC(F)(F)n1ncc2cnc(C(=O)N[C@H]3COc4ccccc4N(C)C3=O)cc21. The highest BCUT2D eigenvalue weighted by atomic mass is 19.3. The van der Waals surface area contributed by atoms with Crippen molar-refractivity contribution in [3.8, 4) is 5.75 Å². The van der Waals surface area contributed by atoms with Crippen LogP contribution in [-0.2, 0) is 10.8 Å². The molecular formula is C20H19F2N5O3. The Balaban J connectivity index is 1.59. The number of alkyl halides is 2. The number of pyridine rings is 1. The molecule has 3 aromatic rings. The number of anilines is 1. The highest BCUT2D eigenvalue weighted by molar-refractivity contribution is 6.03.